The fraction of sp³-hybridized carbons (Fsp3) is 0.556. The number of thiophene rings is 1. The average Bonchev–Trinajstić information content (AvgIpc) is 2.65. The highest BCUT2D eigenvalue weighted by Gasteiger charge is 2.15. The lowest BCUT2D eigenvalue weighted by molar-refractivity contribution is 0.577. The quantitative estimate of drug-likeness (QED) is 0.748. The Morgan fingerprint density at radius 2 is 2.12 bits per heavy atom. The van der Waals surface area contributed by atoms with Crippen LogP contribution in [0.25, 0.3) is 0 Å². The first-order chi connectivity index (χ1) is 7.56. The van der Waals surface area contributed by atoms with Gasteiger partial charge < -0.3 is 5.32 Å². The first-order valence-corrected chi connectivity index (χ1v) is 7.69. The molecule has 1 heterocycles. The molecule has 0 radical (unpaired) electrons. The number of nitrogens with one attached hydrogen (secondary N) is 2. The van der Waals surface area contributed by atoms with Crippen LogP contribution in [0.5, 0.6) is 0 Å². The molecule has 0 unspecified atom stereocenters. The van der Waals surface area contributed by atoms with Crippen LogP contribution in [0.1, 0.15) is 13.3 Å². The van der Waals surface area contributed by atoms with E-state index in [0.717, 1.165) is 30.8 Å². The minimum atomic E-state index is -3.37. The van der Waals surface area contributed by atoms with Gasteiger partial charge in [-0.05, 0) is 31.6 Å². The predicted octanol–water partition coefficient (Wildman–Crippen LogP) is 1.68. The van der Waals surface area contributed by atoms with E-state index in [1.54, 1.807) is 6.07 Å². The molecule has 1 aromatic heterocycles. The number of halogens is 1. The number of hydrogen-bond donors (Lipinski definition) is 2. The maximum Gasteiger partial charge on any atom is 0.250 e. The Hall–Kier alpha value is -0.140. The van der Waals surface area contributed by atoms with Crippen LogP contribution in [0.15, 0.2) is 16.3 Å². The molecule has 1 rings (SSSR count). The van der Waals surface area contributed by atoms with Crippen molar-refractivity contribution in [2.24, 2.45) is 0 Å². The van der Waals surface area contributed by atoms with Gasteiger partial charge in [-0.3, -0.25) is 0 Å². The smallest absolute Gasteiger partial charge is 0.250 e. The lowest BCUT2D eigenvalue weighted by Crippen LogP contribution is -2.26. The van der Waals surface area contributed by atoms with E-state index in [1.807, 2.05) is 6.92 Å². The van der Waals surface area contributed by atoms with Gasteiger partial charge in [0.1, 0.15) is 4.21 Å². The van der Waals surface area contributed by atoms with E-state index in [4.69, 9.17) is 11.6 Å². The zero-order valence-corrected chi connectivity index (χ0v) is 11.4. The molecule has 0 saturated heterocycles. The van der Waals surface area contributed by atoms with Gasteiger partial charge in [0.2, 0.25) is 10.0 Å². The van der Waals surface area contributed by atoms with Gasteiger partial charge in [0.05, 0.1) is 4.34 Å². The zero-order chi connectivity index (χ0) is 12.0. The Morgan fingerprint density at radius 3 is 2.69 bits per heavy atom. The third-order valence-electron chi connectivity index (χ3n) is 1.89. The van der Waals surface area contributed by atoms with Crippen LogP contribution in [0.3, 0.4) is 0 Å². The summed E-state index contributed by atoms with van der Waals surface area (Å²) in [6.07, 6.45) is 0.770. The molecule has 92 valence electrons. The van der Waals surface area contributed by atoms with Gasteiger partial charge in [0.25, 0.3) is 0 Å². The lowest BCUT2D eigenvalue weighted by atomic mass is 10.4. The van der Waals surface area contributed by atoms with Gasteiger partial charge in [-0.25, -0.2) is 13.1 Å². The molecular formula is C9H15ClN2O2S2. The van der Waals surface area contributed by atoms with Crippen LogP contribution in [0.2, 0.25) is 4.34 Å². The third-order valence-corrected chi connectivity index (χ3v) is 5.07. The molecule has 0 aromatic carbocycles. The molecule has 2 N–H and O–H groups in total. The molecule has 0 fully saturated rings. The third kappa shape index (κ3) is 4.39. The fourth-order valence-corrected chi connectivity index (χ4v) is 3.71. The van der Waals surface area contributed by atoms with Gasteiger partial charge in [0.15, 0.2) is 0 Å². The molecule has 4 nitrogen and oxygen atoms in total. The van der Waals surface area contributed by atoms with Crippen LogP contribution in [0, 0.1) is 0 Å². The Morgan fingerprint density at radius 1 is 1.38 bits per heavy atom. The number of rotatable bonds is 7. The lowest BCUT2D eigenvalue weighted by Gasteiger charge is -2.04. The van der Waals surface area contributed by atoms with E-state index in [1.165, 1.54) is 6.07 Å². The maximum atomic E-state index is 11.7. The second kappa shape index (κ2) is 6.56. The van der Waals surface area contributed by atoms with E-state index in [0.29, 0.717) is 10.9 Å². The van der Waals surface area contributed by atoms with Crippen molar-refractivity contribution >= 4 is 33.0 Å². The summed E-state index contributed by atoms with van der Waals surface area (Å²) in [5, 5.41) is 3.13. The highest BCUT2D eigenvalue weighted by molar-refractivity contribution is 7.91. The van der Waals surface area contributed by atoms with E-state index >= 15 is 0 Å². The molecule has 0 bridgehead atoms. The first-order valence-electron chi connectivity index (χ1n) is 5.02. The van der Waals surface area contributed by atoms with Crippen LogP contribution in [-0.4, -0.2) is 28.1 Å². The van der Waals surface area contributed by atoms with Crippen LogP contribution >= 0.6 is 22.9 Å². The molecule has 1 aromatic rings. The minimum Gasteiger partial charge on any atom is -0.317 e. The fourth-order valence-electron chi connectivity index (χ4n) is 1.11. The number of sulfonamides is 1. The molecule has 0 amide bonds. The van der Waals surface area contributed by atoms with Crippen molar-refractivity contribution in [3.63, 3.8) is 0 Å². The summed E-state index contributed by atoms with van der Waals surface area (Å²) in [4.78, 5) is 0. The second-order valence-corrected chi connectivity index (χ2v) is 6.87. The van der Waals surface area contributed by atoms with Gasteiger partial charge in [-0.1, -0.05) is 18.5 Å². The Kier molecular flexibility index (Phi) is 5.71. The maximum absolute atomic E-state index is 11.7. The SMILES string of the molecule is CCNCCCNS(=O)(=O)c1ccc(Cl)s1. The summed E-state index contributed by atoms with van der Waals surface area (Å²) in [6, 6.07) is 3.10. The summed E-state index contributed by atoms with van der Waals surface area (Å²) < 4.78 is 26.7. The molecule has 0 aliphatic carbocycles. The van der Waals surface area contributed by atoms with Crippen LogP contribution in [-0.2, 0) is 10.0 Å². The van der Waals surface area contributed by atoms with Crippen molar-refractivity contribution in [1.29, 1.82) is 0 Å². The van der Waals surface area contributed by atoms with Crippen molar-refractivity contribution in [2.45, 2.75) is 17.6 Å². The monoisotopic (exact) mass is 282 g/mol. The first kappa shape index (κ1) is 13.9. The average molecular weight is 283 g/mol. The zero-order valence-electron chi connectivity index (χ0n) is 8.99. The van der Waals surface area contributed by atoms with Crippen LogP contribution in [0.4, 0.5) is 0 Å². The summed E-state index contributed by atoms with van der Waals surface area (Å²) in [5.41, 5.74) is 0. The van der Waals surface area contributed by atoms with Gasteiger partial charge in [-0.2, -0.15) is 0 Å². The van der Waals surface area contributed by atoms with Crippen molar-refractivity contribution < 1.29 is 8.42 Å². The molecule has 0 spiro atoms. The second-order valence-electron chi connectivity index (χ2n) is 3.16. The van der Waals surface area contributed by atoms with Gasteiger partial charge in [0, 0.05) is 6.54 Å². The van der Waals surface area contributed by atoms with E-state index in [-0.39, 0.29) is 4.21 Å². The van der Waals surface area contributed by atoms with Gasteiger partial charge >= 0.3 is 0 Å². The van der Waals surface area contributed by atoms with Gasteiger partial charge in [-0.15, -0.1) is 11.3 Å². The summed E-state index contributed by atoms with van der Waals surface area (Å²) in [5.74, 6) is 0. The molecule has 0 atom stereocenters. The Bertz CT molecular complexity index is 417. The molecular weight excluding hydrogens is 268 g/mol. The number of hydrogen-bond acceptors (Lipinski definition) is 4. The summed E-state index contributed by atoms with van der Waals surface area (Å²) in [7, 11) is -3.37. The highest BCUT2D eigenvalue weighted by atomic mass is 35.5. The van der Waals surface area contributed by atoms with E-state index in [2.05, 4.69) is 10.0 Å². The standard InChI is InChI=1S/C9H15ClN2O2S2/c1-2-11-6-3-7-12-16(13,14)9-5-4-8(10)15-9/h4-5,11-12H,2-3,6-7H2,1H3. The molecule has 7 heteroatoms. The molecule has 0 saturated carbocycles. The predicted molar refractivity (Wildman–Crippen MR) is 67.7 cm³/mol. The van der Waals surface area contributed by atoms with Crippen molar-refractivity contribution in [1.82, 2.24) is 10.0 Å². The summed E-state index contributed by atoms with van der Waals surface area (Å²) in [6.45, 7) is 4.15. The van der Waals surface area contributed by atoms with Crippen molar-refractivity contribution in [3.8, 4) is 0 Å². The summed E-state index contributed by atoms with van der Waals surface area (Å²) >= 11 is 6.75. The van der Waals surface area contributed by atoms with Crippen molar-refractivity contribution in [3.05, 3.63) is 16.5 Å². The molecule has 16 heavy (non-hydrogen) atoms. The normalized spacial score (nSPS) is 11.9. The Balaban J connectivity index is 2.41. The molecule has 0 aliphatic rings. The van der Waals surface area contributed by atoms with Crippen molar-refractivity contribution in [2.75, 3.05) is 19.6 Å². The van der Waals surface area contributed by atoms with E-state index in [9.17, 15) is 8.42 Å². The van der Waals surface area contributed by atoms with E-state index < -0.39 is 10.0 Å². The van der Waals surface area contributed by atoms with Crippen LogP contribution < -0.4 is 10.0 Å². The largest absolute Gasteiger partial charge is 0.317 e. The highest BCUT2D eigenvalue weighted by Crippen LogP contribution is 2.25. The Labute approximate surface area is 105 Å². The minimum absolute atomic E-state index is 0.265. The molecule has 0 aliphatic heterocycles. The topological polar surface area (TPSA) is 58.2 Å².